The Hall–Kier alpha value is -1.54. The number of carbonyl (C=O) groups excluding carboxylic acids is 1. The SMILES string of the molecule is CCCCNC(=O)CSc1nnc(-c2cccs2)n1N. The molecule has 0 aromatic carbocycles. The van der Waals surface area contributed by atoms with E-state index in [1.165, 1.54) is 16.4 Å². The lowest BCUT2D eigenvalue weighted by atomic mass is 10.3. The van der Waals surface area contributed by atoms with Gasteiger partial charge in [0.1, 0.15) is 0 Å². The largest absolute Gasteiger partial charge is 0.355 e. The van der Waals surface area contributed by atoms with Crippen molar-refractivity contribution in [2.75, 3.05) is 18.1 Å². The van der Waals surface area contributed by atoms with Crippen LogP contribution < -0.4 is 11.2 Å². The molecular formula is C12H17N5OS2. The standard InChI is InChI=1S/C12H17N5OS2/c1-2-3-6-14-10(18)8-20-12-16-15-11(17(12)13)9-5-4-7-19-9/h4-5,7H,2-3,6,8,13H2,1H3,(H,14,18). The topological polar surface area (TPSA) is 85.8 Å². The number of amides is 1. The van der Waals surface area contributed by atoms with Crippen molar-refractivity contribution in [1.29, 1.82) is 0 Å². The van der Waals surface area contributed by atoms with Crippen molar-refractivity contribution < 1.29 is 4.79 Å². The van der Waals surface area contributed by atoms with Gasteiger partial charge < -0.3 is 11.2 Å². The van der Waals surface area contributed by atoms with E-state index in [-0.39, 0.29) is 5.91 Å². The highest BCUT2D eigenvalue weighted by atomic mass is 32.2. The molecule has 6 nitrogen and oxygen atoms in total. The second-order valence-electron chi connectivity index (χ2n) is 4.15. The van der Waals surface area contributed by atoms with Gasteiger partial charge in [-0.05, 0) is 17.9 Å². The van der Waals surface area contributed by atoms with Gasteiger partial charge in [-0.3, -0.25) is 4.79 Å². The lowest BCUT2D eigenvalue weighted by Crippen LogP contribution is -2.26. The van der Waals surface area contributed by atoms with Crippen LogP contribution in [0.3, 0.4) is 0 Å². The number of thiophene rings is 1. The van der Waals surface area contributed by atoms with Crippen LogP contribution in [0.15, 0.2) is 22.7 Å². The lowest BCUT2D eigenvalue weighted by molar-refractivity contribution is -0.118. The van der Waals surface area contributed by atoms with Crippen LogP contribution in [0.1, 0.15) is 19.8 Å². The summed E-state index contributed by atoms with van der Waals surface area (Å²) in [6.45, 7) is 2.80. The van der Waals surface area contributed by atoms with Gasteiger partial charge in [-0.2, -0.15) is 0 Å². The lowest BCUT2D eigenvalue weighted by Gasteiger charge is -2.04. The number of nitrogen functional groups attached to an aromatic ring is 1. The van der Waals surface area contributed by atoms with Crippen LogP contribution in [0, 0.1) is 0 Å². The second kappa shape index (κ2) is 7.30. The van der Waals surface area contributed by atoms with Crippen molar-refractivity contribution in [2.24, 2.45) is 0 Å². The second-order valence-corrected chi connectivity index (χ2v) is 6.04. The number of nitrogens with zero attached hydrogens (tertiary/aromatic N) is 3. The fourth-order valence-corrected chi connectivity index (χ4v) is 2.93. The van der Waals surface area contributed by atoms with Gasteiger partial charge in [-0.15, -0.1) is 21.5 Å². The van der Waals surface area contributed by atoms with Crippen molar-refractivity contribution in [1.82, 2.24) is 20.2 Å². The van der Waals surface area contributed by atoms with E-state index in [9.17, 15) is 4.79 Å². The van der Waals surface area contributed by atoms with Gasteiger partial charge in [-0.25, -0.2) is 4.68 Å². The summed E-state index contributed by atoms with van der Waals surface area (Å²) < 4.78 is 1.43. The summed E-state index contributed by atoms with van der Waals surface area (Å²) in [7, 11) is 0. The Kier molecular flexibility index (Phi) is 5.42. The first-order chi connectivity index (χ1) is 9.72. The number of hydrogen-bond donors (Lipinski definition) is 2. The van der Waals surface area contributed by atoms with E-state index in [0.717, 1.165) is 17.7 Å². The van der Waals surface area contributed by atoms with Gasteiger partial charge in [0.25, 0.3) is 0 Å². The molecule has 2 rings (SSSR count). The molecule has 0 spiro atoms. The molecule has 0 bridgehead atoms. The van der Waals surface area contributed by atoms with Crippen LogP contribution in [0.2, 0.25) is 0 Å². The number of nitrogens with two attached hydrogens (primary N) is 1. The average Bonchev–Trinajstić information content (AvgIpc) is 3.06. The molecule has 0 atom stereocenters. The van der Waals surface area contributed by atoms with Gasteiger partial charge in [0, 0.05) is 6.54 Å². The molecule has 3 N–H and O–H groups in total. The van der Waals surface area contributed by atoms with Crippen molar-refractivity contribution >= 4 is 29.0 Å². The van der Waals surface area contributed by atoms with Gasteiger partial charge in [0.15, 0.2) is 5.82 Å². The first kappa shape index (κ1) is 14.9. The van der Waals surface area contributed by atoms with Gasteiger partial charge in [-0.1, -0.05) is 31.2 Å². The monoisotopic (exact) mass is 311 g/mol. The number of carbonyl (C=O) groups is 1. The van der Waals surface area contributed by atoms with Crippen LogP contribution in [-0.4, -0.2) is 33.1 Å². The maximum Gasteiger partial charge on any atom is 0.230 e. The zero-order valence-electron chi connectivity index (χ0n) is 11.2. The molecule has 2 heterocycles. The quantitative estimate of drug-likeness (QED) is 0.462. The molecule has 0 fully saturated rings. The minimum Gasteiger partial charge on any atom is -0.355 e. The molecule has 0 aliphatic carbocycles. The van der Waals surface area contributed by atoms with E-state index in [4.69, 9.17) is 5.84 Å². The summed E-state index contributed by atoms with van der Waals surface area (Å²) in [6, 6.07) is 3.87. The zero-order valence-corrected chi connectivity index (χ0v) is 12.8. The predicted octanol–water partition coefficient (Wildman–Crippen LogP) is 1.73. The fraction of sp³-hybridized carbons (Fsp3) is 0.417. The summed E-state index contributed by atoms with van der Waals surface area (Å²) in [5.41, 5.74) is 0. The van der Waals surface area contributed by atoms with E-state index in [1.54, 1.807) is 11.3 Å². The molecule has 0 unspecified atom stereocenters. The van der Waals surface area contributed by atoms with E-state index in [2.05, 4.69) is 22.4 Å². The molecule has 2 aromatic rings. The molecule has 0 aliphatic heterocycles. The summed E-state index contributed by atoms with van der Waals surface area (Å²) in [5, 5.41) is 13.4. The molecule has 0 saturated carbocycles. The molecule has 0 radical (unpaired) electrons. The molecular weight excluding hydrogens is 294 g/mol. The molecule has 20 heavy (non-hydrogen) atoms. The van der Waals surface area contributed by atoms with E-state index < -0.39 is 0 Å². The summed E-state index contributed by atoms with van der Waals surface area (Å²) in [6.07, 6.45) is 2.06. The number of nitrogens with one attached hydrogen (secondary N) is 1. The van der Waals surface area contributed by atoms with Crippen LogP contribution in [0.25, 0.3) is 10.7 Å². The molecule has 108 valence electrons. The number of aromatic nitrogens is 3. The Labute approximate surface area is 125 Å². The number of hydrogen-bond acceptors (Lipinski definition) is 6. The van der Waals surface area contributed by atoms with Gasteiger partial charge in [0.2, 0.25) is 11.1 Å². The maximum absolute atomic E-state index is 11.6. The fourth-order valence-electron chi connectivity index (χ4n) is 1.54. The molecule has 2 aromatic heterocycles. The Morgan fingerprint density at radius 3 is 3.10 bits per heavy atom. The Morgan fingerprint density at radius 1 is 1.55 bits per heavy atom. The number of unbranched alkanes of at least 4 members (excludes halogenated alkanes) is 1. The van der Waals surface area contributed by atoms with E-state index in [0.29, 0.717) is 23.3 Å². The highest BCUT2D eigenvalue weighted by molar-refractivity contribution is 7.99. The third kappa shape index (κ3) is 3.73. The highest BCUT2D eigenvalue weighted by Gasteiger charge is 2.14. The maximum atomic E-state index is 11.6. The Morgan fingerprint density at radius 2 is 2.40 bits per heavy atom. The molecule has 0 saturated heterocycles. The summed E-state index contributed by atoms with van der Waals surface area (Å²) in [4.78, 5) is 12.6. The van der Waals surface area contributed by atoms with Crippen molar-refractivity contribution in [3.8, 4) is 10.7 Å². The minimum absolute atomic E-state index is 0.0101. The molecule has 0 aliphatic rings. The van der Waals surface area contributed by atoms with Crippen LogP contribution >= 0.6 is 23.1 Å². The van der Waals surface area contributed by atoms with E-state index in [1.807, 2.05) is 17.5 Å². The Balaban J connectivity index is 1.89. The predicted molar refractivity (Wildman–Crippen MR) is 82.1 cm³/mol. The van der Waals surface area contributed by atoms with Gasteiger partial charge in [0.05, 0.1) is 10.6 Å². The first-order valence-corrected chi connectivity index (χ1v) is 8.22. The average molecular weight is 311 g/mol. The number of thioether (sulfide) groups is 1. The van der Waals surface area contributed by atoms with Crippen molar-refractivity contribution in [2.45, 2.75) is 24.9 Å². The summed E-state index contributed by atoms with van der Waals surface area (Å²) >= 11 is 2.84. The van der Waals surface area contributed by atoms with Crippen LogP contribution in [0.4, 0.5) is 0 Å². The van der Waals surface area contributed by atoms with E-state index >= 15 is 0 Å². The van der Waals surface area contributed by atoms with Gasteiger partial charge >= 0.3 is 0 Å². The third-order valence-corrected chi connectivity index (χ3v) is 4.40. The van der Waals surface area contributed by atoms with Crippen molar-refractivity contribution in [3.63, 3.8) is 0 Å². The van der Waals surface area contributed by atoms with Crippen molar-refractivity contribution in [3.05, 3.63) is 17.5 Å². The smallest absolute Gasteiger partial charge is 0.230 e. The molecule has 1 amide bonds. The normalized spacial score (nSPS) is 10.7. The number of rotatable bonds is 7. The highest BCUT2D eigenvalue weighted by Crippen LogP contribution is 2.24. The summed E-state index contributed by atoms with van der Waals surface area (Å²) in [5.74, 6) is 6.85. The molecule has 8 heteroatoms. The zero-order chi connectivity index (χ0) is 14.4. The minimum atomic E-state index is -0.0101. The Bertz CT molecular complexity index is 552. The first-order valence-electron chi connectivity index (χ1n) is 6.36. The van der Waals surface area contributed by atoms with Crippen LogP contribution in [-0.2, 0) is 4.79 Å². The third-order valence-electron chi connectivity index (χ3n) is 2.59. The van der Waals surface area contributed by atoms with Crippen LogP contribution in [0.5, 0.6) is 0 Å².